The third-order valence-electron chi connectivity index (χ3n) is 3.82. The molecule has 0 bridgehead atoms. The van der Waals surface area contributed by atoms with E-state index in [2.05, 4.69) is 28.2 Å². The lowest BCUT2D eigenvalue weighted by Crippen LogP contribution is -2.46. The Labute approximate surface area is 134 Å². The monoisotopic (exact) mass is 354 g/mol. The van der Waals surface area contributed by atoms with E-state index in [1.54, 1.807) is 18.2 Å². The minimum atomic E-state index is -0.0944. The molecule has 1 aliphatic heterocycles. The van der Waals surface area contributed by atoms with Gasteiger partial charge in [0.05, 0.1) is 5.56 Å². The van der Waals surface area contributed by atoms with Crippen LogP contribution in [0.4, 0.5) is 0 Å². The number of nitrogens with one attached hydrogen (secondary N) is 1. The minimum Gasteiger partial charge on any atom is -0.507 e. The van der Waals surface area contributed by atoms with Crippen molar-refractivity contribution in [2.45, 2.75) is 38.6 Å². The molecule has 5 heteroatoms. The number of piperidine rings is 1. The Hall–Kier alpha value is -1.07. The Morgan fingerprint density at radius 3 is 2.95 bits per heavy atom. The lowest BCUT2D eigenvalue weighted by atomic mass is 10.0. The quantitative estimate of drug-likeness (QED) is 0.853. The number of amides is 1. The Balaban J connectivity index is 2.12. The van der Waals surface area contributed by atoms with Crippen molar-refractivity contribution in [1.82, 2.24) is 10.2 Å². The Morgan fingerprint density at radius 2 is 2.29 bits per heavy atom. The fourth-order valence-corrected chi connectivity index (χ4v) is 3.10. The number of carbonyl (C=O) groups is 1. The number of hydrogen-bond donors (Lipinski definition) is 2. The van der Waals surface area contributed by atoms with Crippen molar-refractivity contribution < 1.29 is 9.90 Å². The first-order valence-electron chi connectivity index (χ1n) is 7.63. The largest absolute Gasteiger partial charge is 0.507 e. The van der Waals surface area contributed by atoms with Crippen LogP contribution in [-0.2, 0) is 0 Å². The van der Waals surface area contributed by atoms with Gasteiger partial charge in [0.25, 0.3) is 5.91 Å². The average molecular weight is 355 g/mol. The van der Waals surface area contributed by atoms with Gasteiger partial charge in [0.1, 0.15) is 5.75 Å². The molecule has 4 nitrogen and oxygen atoms in total. The average Bonchev–Trinajstić information content (AvgIpc) is 2.49. The summed E-state index contributed by atoms with van der Waals surface area (Å²) in [5.41, 5.74) is 0.369. The van der Waals surface area contributed by atoms with Gasteiger partial charge in [-0.1, -0.05) is 29.3 Å². The van der Waals surface area contributed by atoms with E-state index < -0.39 is 0 Å². The van der Waals surface area contributed by atoms with E-state index >= 15 is 0 Å². The summed E-state index contributed by atoms with van der Waals surface area (Å²) in [6.07, 6.45) is 4.45. The third-order valence-corrected chi connectivity index (χ3v) is 4.32. The SMILES string of the molecule is CCCN(CC1CCCCN1)C(=O)c1cc(Br)ccc1O. The summed E-state index contributed by atoms with van der Waals surface area (Å²) < 4.78 is 0.802. The van der Waals surface area contributed by atoms with Crippen LogP contribution in [-0.4, -0.2) is 41.6 Å². The molecule has 1 amide bonds. The van der Waals surface area contributed by atoms with Gasteiger partial charge in [-0.05, 0) is 44.0 Å². The number of phenols is 1. The van der Waals surface area contributed by atoms with Crippen LogP contribution in [0.3, 0.4) is 0 Å². The molecule has 1 unspecified atom stereocenters. The highest BCUT2D eigenvalue weighted by atomic mass is 79.9. The number of carbonyl (C=O) groups excluding carboxylic acids is 1. The minimum absolute atomic E-state index is 0.0425. The zero-order valence-electron chi connectivity index (χ0n) is 12.4. The Bertz CT molecular complexity index is 487. The summed E-state index contributed by atoms with van der Waals surface area (Å²) in [4.78, 5) is 14.6. The second-order valence-electron chi connectivity index (χ2n) is 5.56. The summed E-state index contributed by atoms with van der Waals surface area (Å²) in [5, 5.41) is 13.4. The fraction of sp³-hybridized carbons (Fsp3) is 0.562. The first-order chi connectivity index (χ1) is 10.1. The molecule has 21 heavy (non-hydrogen) atoms. The maximum atomic E-state index is 12.7. The molecule has 2 rings (SSSR count). The molecule has 1 aromatic carbocycles. The number of hydrogen-bond acceptors (Lipinski definition) is 3. The summed E-state index contributed by atoms with van der Waals surface area (Å²) in [7, 11) is 0. The highest BCUT2D eigenvalue weighted by Crippen LogP contribution is 2.24. The van der Waals surface area contributed by atoms with E-state index in [1.165, 1.54) is 12.8 Å². The summed E-state index contributed by atoms with van der Waals surface area (Å²) >= 11 is 3.36. The second kappa shape index (κ2) is 7.80. The van der Waals surface area contributed by atoms with Gasteiger partial charge in [-0.3, -0.25) is 4.79 Å². The lowest BCUT2D eigenvalue weighted by molar-refractivity contribution is 0.0728. The standard InChI is InChI=1S/C16H23BrN2O2/c1-2-9-19(11-13-5-3-4-8-18-13)16(21)14-10-12(17)6-7-15(14)20/h6-7,10,13,18,20H,2-5,8-9,11H2,1H3. The number of rotatable bonds is 5. The maximum absolute atomic E-state index is 12.7. The van der Waals surface area contributed by atoms with Crippen molar-refractivity contribution in [2.75, 3.05) is 19.6 Å². The van der Waals surface area contributed by atoms with Gasteiger partial charge in [-0.2, -0.15) is 0 Å². The van der Waals surface area contributed by atoms with E-state index in [-0.39, 0.29) is 11.7 Å². The van der Waals surface area contributed by atoms with Crippen LogP contribution in [0.15, 0.2) is 22.7 Å². The van der Waals surface area contributed by atoms with Gasteiger partial charge in [0.2, 0.25) is 0 Å². The number of halogens is 1. The first-order valence-corrected chi connectivity index (χ1v) is 8.42. The number of aromatic hydroxyl groups is 1. The van der Waals surface area contributed by atoms with Crippen LogP contribution in [0.5, 0.6) is 5.75 Å². The van der Waals surface area contributed by atoms with Gasteiger partial charge in [0, 0.05) is 23.6 Å². The Morgan fingerprint density at radius 1 is 1.48 bits per heavy atom. The van der Waals surface area contributed by atoms with Gasteiger partial charge in [0.15, 0.2) is 0 Å². The highest BCUT2D eigenvalue weighted by Gasteiger charge is 2.23. The highest BCUT2D eigenvalue weighted by molar-refractivity contribution is 9.10. The Kier molecular flexibility index (Phi) is 6.06. The van der Waals surface area contributed by atoms with Crippen LogP contribution < -0.4 is 5.32 Å². The number of nitrogens with zero attached hydrogens (tertiary/aromatic N) is 1. The third kappa shape index (κ3) is 4.45. The molecule has 116 valence electrons. The summed E-state index contributed by atoms with van der Waals surface area (Å²) in [6.45, 7) is 4.51. The normalized spacial score (nSPS) is 18.5. The molecule has 2 N–H and O–H groups in total. The van der Waals surface area contributed by atoms with E-state index in [0.717, 1.165) is 23.9 Å². The van der Waals surface area contributed by atoms with Gasteiger partial charge in [-0.25, -0.2) is 0 Å². The van der Waals surface area contributed by atoms with Crippen LogP contribution in [0.2, 0.25) is 0 Å². The number of phenolic OH excluding ortho intramolecular Hbond substituents is 1. The molecule has 0 spiro atoms. The van der Waals surface area contributed by atoms with E-state index in [9.17, 15) is 9.90 Å². The topological polar surface area (TPSA) is 52.6 Å². The van der Waals surface area contributed by atoms with Gasteiger partial charge in [-0.15, -0.1) is 0 Å². The molecule has 0 radical (unpaired) electrons. The first kappa shape index (κ1) is 16.3. The van der Waals surface area contributed by atoms with Crippen molar-refractivity contribution in [3.8, 4) is 5.75 Å². The molecule has 0 saturated carbocycles. The molecule has 1 fully saturated rings. The molecular formula is C16H23BrN2O2. The molecule has 1 saturated heterocycles. The van der Waals surface area contributed by atoms with Crippen molar-refractivity contribution in [1.29, 1.82) is 0 Å². The molecule has 1 atom stereocenters. The number of benzene rings is 1. The second-order valence-corrected chi connectivity index (χ2v) is 6.48. The molecule has 0 aliphatic carbocycles. The molecule has 1 aromatic rings. The zero-order chi connectivity index (χ0) is 15.2. The van der Waals surface area contributed by atoms with Crippen molar-refractivity contribution in [2.24, 2.45) is 0 Å². The van der Waals surface area contributed by atoms with Crippen LogP contribution >= 0.6 is 15.9 Å². The smallest absolute Gasteiger partial charge is 0.257 e. The van der Waals surface area contributed by atoms with Gasteiger partial charge < -0.3 is 15.3 Å². The van der Waals surface area contributed by atoms with Crippen molar-refractivity contribution >= 4 is 21.8 Å². The van der Waals surface area contributed by atoms with Crippen molar-refractivity contribution in [3.05, 3.63) is 28.2 Å². The maximum Gasteiger partial charge on any atom is 0.257 e. The molecule has 1 aliphatic rings. The van der Waals surface area contributed by atoms with Crippen LogP contribution in [0.1, 0.15) is 43.0 Å². The summed E-state index contributed by atoms with van der Waals surface area (Å²) in [5.74, 6) is -0.0519. The lowest BCUT2D eigenvalue weighted by Gasteiger charge is -2.30. The van der Waals surface area contributed by atoms with Gasteiger partial charge >= 0.3 is 0 Å². The zero-order valence-corrected chi connectivity index (χ0v) is 14.0. The summed E-state index contributed by atoms with van der Waals surface area (Å²) in [6, 6.07) is 5.34. The van der Waals surface area contributed by atoms with Crippen molar-refractivity contribution in [3.63, 3.8) is 0 Å². The molecular weight excluding hydrogens is 332 g/mol. The fourth-order valence-electron chi connectivity index (χ4n) is 2.74. The molecule has 1 heterocycles. The van der Waals surface area contributed by atoms with E-state index in [4.69, 9.17) is 0 Å². The predicted octanol–water partition coefficient (Wildman–Crippen LogP) is 3.15. The van der Waals surface area contributed by atoms with E-state index in [0.29, 0.717) is 24.7 Å². The van der Waals surface area contributed by atoms with Crippen LogP contribution in [0.25, 0.3) is 0 Å². The van der Waals surface area contributed by atoms with E-state index in [1.807, 2.05) is 4.90 Å². The predicted molar refractivity (Wildman–Crippen MR) is 87.6 cm³/mol. The van der Waals surface area contributed by atoms with Crippen LogP contribution in [0, 0.1) is 0 Å². The molecule has 0 aromatic heterocycles.